The Morgan fingerprint density at radius 2 is 1.94 bits per heavy atom. The number of sulfone groups is 1. The van der Waals surface area contributed by atoms with E-state index < -0.39 is 9.84 Å². The zero-order valence-corrected chi connectivity index (χ0v) is 12.4. The van der Waals surface area contributed by atoms with Gasteiger partial charge in [-0.1, -0.05) is 22.9 Å². The van der Waals surface area contributed by atoms with Crippen molar-refractivity contribution in [1.29, 1.82) is 0 Å². The molecule has 0 bridgehead atoms. The van der Waals surface area contributed by atoms with E-state index in [1.54, 1.807) is 6.92 Å². The first-order valence-corrected chi connectivity index (χ1v) is 9.00. The second-order valence-electron chi connectivity index (χ2n) is 4.53. The molecule has 1 heterocycles. The number of hydrogen-bond donors (Lipinski definition) is 0. The molecule has 0 atom stereocenters. The molecule has 0 aromatic rings. The Balaban J connectivity index is 2.16. The molecular formula is C11H22BrNO2S. The van der Waals surface area contributed by atoms with E-state index in [-0.39, 0.29) is 5.75 Å². The highest BCUT2D eigenvalue weighted by Gasteiger charge is 2.18. The largest absolute Gasteiger partial charge is 0.303 e. The minimum Gasteiger partial charge on any atom is -0.303 e. The van der Waals surface area contributed by atoms with Gasteiger partial charge in [0, 0.05) is 11.1 Å². The van der Waals surface area contributed by atoms with Crippen LogP contribution < -0.4 is 0 Å². The summed E-state index contributed by atoms with van der Waals surface area (Å²) < 4.78 is 22.6. The van der Waals surface area contributed by atoms with Crippen molar-refractivity contribution in [3.63, 3.8) is 0 Å². The fraction of sp³-hybridized carbons (Fsp3) is 1.00. The molecule has 0 amide bonds. The maximum Gasteiger partial charge on any atom is 0.150 e. The Hall–Kier alpha value is 0.390. The molecule has 0 unspecified atom stereocenters. The molecule has 0 N–H and O–H groups in total. The van der Waals surface area contributed by atoms with Gasteiger partial charge in [-0.05, 0) is 44.8 Å². The van der Waals surface area contributed by atoms with Crippen LogP contribution in [0, 0.1) is 5.92 Å². The van der Waals surface area contributed by atoms with Gasteiger partial charge in [0.25, 0.3) is 0 Å². The molecular weight excluding hydrogens is 290 g/mol. The van der Waals surface area contributed by atoms with Crippen molar-refractivity contribution >= 4 is 25.8 Å². The molecule has 0 radical (unpaired) electrons. The lowest BCUT2D eigenvalue weighted by Crippen LogP contribution is -2.35. The van der Waals surface area contributed by atoms with Crippen molar-refractivity contribution in [3.05, 3.63) is 0 Å². The van der Waals surface area contributed by atoms with E-state index in [0.717, 1.165) is 37.3 Å². The Morgan fingerprint density at radius 3 is 2.44 bits per heavy atom. The molecule has 16 heavy (non-hydrogen) atoms. The van der Waals surface area contributed by atoms with Crippen LogP contribution in [0.4, 0.5) is 0 Å². The number of piperidine rings is 1. The minimum atomic E-state index is -2.77. The van der Waals surface area contributed by atoms with Crippen LogP contribution in [-0.2, 0) is 9.84 Å². The Labute approximate surface area is 108 Å². The molecule has 1 saturated heterocycles. The van der Waals surface area contributed by atoms with Crippen molar-refractivity contribution in [2.45, 2.75) is 26.2 Å². The van der Waals surface area contributed by atoms with Crippen LogP contribution in [-0.4, -0.2) is 49.8 Å². The third kappa shape index (κ3) is 5.15. The fourth-order valence-corrected chi connectivity index (χ4v) is 3.52. The van der Waals surface area contributed by atoms with Crippen LogP contribution in [0.5, 0.6) is 0 Å². The van der Waals surface area contributed by atoms with Gasteiger partial charge in [0.2, 0.25) is 0 Å². The Kier molecular flexibility index (Phi) is 6.29. The molecule has 3 nitrogen and oxygen atoms in total. The molecule has 96 valence electrons. The van der Waals surface area contributed by atoms with Gasteiger partial charge in [0.15, 0.2) is 0 Å². The first-order valence-electron chi connectivity index (χ1n) is 6.06. The molecule has 1 aliphatic rings. The van der Waals surface area contributed by atoms with Crippen molar-refractivity contribution in [2.75, 3.05) is 36.5 Å². The summed E-state index contributed by atoms with van der Waals surface area (Å²) in [6, 6.07) is 0. The zero-order valence-electron chi connectivity index (χ0n) is 9.99. The molecule has 1 fully saturated rings. The number of hydrogen-bond acceptors (Lipinski definition) is 3. The minimum absolute atomic E-state index is 0.276. The summed E-state index contributed by atoms with van der Waals surface area (Å²) in [7, 11) is -2.77. The first-order chi connectivity index (χ1) is 7.57. The lowest BCUT2D eigenvalue weighted by molar-refractivity contribution is 0.195. The Bertz CT molecular complexity index is 284. The summed E-state index contributed by atoms with van der Waals surface area (Å²) in [5.74, 6) is 1.44. The maximum atomic E-state index is 11.3. The maximum absolute atomic E-state index is 11.3. The van der Waals surface area contributed by atoms with Crippen molar-refractivity contribution in [2.24, 2.45) is 5.92 Å². The van der Waals surface area contributed by atoms with Crippen LogP contribution in [0.2, 0.25) is 0 Å². The van der Waals surface area contributed by atoms with E-state index in [4.69, 9.17) is 0 Å². The standard InChI is InChI=1S/C11H22BrNO2S/c1-2-16(14,15)9-3-6-13-7-4-11(10-12)5-8-13/h11H,2-10H2,1H3. The van der Waals surface area contributed by atoms with Crippen molar-refractivity contribution in [3.8, 4) is 0 Å². The average Bonchev–Trinajstić information content (AvgIpc) is 2.30. The normalized spacial score (nSPS) is 20.1. The van der Waals surface area contributed by atoms with Crippen LogP contribution in [0.15, 0.2) is 0 Å². The molecule has 0 saturated carbocycles. The highest BCUT2D eigenvalue weighted by Crippen LogP contribution is 2.18. The predicted octanol–water partition coefficient (Wildman–Crippen LogP) is 1.92. The molecule has 1 aliphatic heterocycles. The highest BCUT2D eigenvalue weighted by molar-refractivity contribution is 9.09. The molecule has 5 heteroatoms. The van der Waals surface area contributed by atoms with E-state index >= 15 is 0 Å². The van der Waals surface area contributed by atoms with E-state index in [9.17, 15) is 8.42 Å². The highest BCUT2D eigenvalue weighted by atomic mass is 79.9. The fourth-order valence-electron chi connectivity index (χ4n) is 2.02. The second-order valence-corrected chi connectivity index (χ2v) is 7.65. The summed E-state index contributed by atoms with van der Waals surface area (Å²) in [4.78, 5) is 2.39. The summed E-state index contributed by atoms with van der Waals surface area (Å²) in [5.41, 5.74) is 0. The number of halogens is 1. The van der Waals surface area contributed by atoms with E-state index in [1.807, 2.05) is 0 Å². The number of alkyl halides is 1. The lowest BCUT2D eigenvalue weighted by Gasteiger charge is -2.30. The van der Waals surface area contributed by atoms with Crippen molar-refractivity contribution in [1.82, 2.24) is 4.90 Å². The summed E-state index contributed by atoms with van der Waals surface area (Å²) in [5, 5.41) is 1.10. The average molecular weight is 312 g/mol. The monoisotopic (exact) mass is 311 g/mol. The summed E-state index contributed by atoms with van der Waals surface area (Å²) in [6.45, 7) is 4.91. The second kappa shape index (κ2) is 6.97. The molecule has 0 spiro atoms. The molecule has 0 aromatic heterocycles. The third-order valence-electron chi connectivity index (χ3n) is 3.29. The number of nitrogens with zero attached hydrogens (tertiary/aromatic N) is 1. The third-order valence-corrected chi connectivity index (χ3v) is 6.00. The van der Waals surface area contributed by atoms with E-state index in [0.29, 0.717) is 5.75 Å². The predicted molar refractivity (Wildman–Crippen MR) is 71.9 cm³/mol. The Morgan fingerprint density at radius 1 is 1.31 bits per heavy atom. The summed E-state index contributed by atoms with van der Waals surface area (Å²) >= 11 is 3.52. The van der Waals surface area contributed by atoms with Gasteiger partial charge in [0.1, 0.15) is 9.84 Å². The van der Waals surface area contributed by atoms with Gasteiger partial charge in [-0.25, -0.2) is 8.42 Å². The smallest absolute Gasteiger partial charge is 0.150 e. The number of likely N-dealkylation sites (tertiary alicyclic amines) is 1. The molecule has 0 aliphatic carbocycles. The first kappa shape index (κ1) is 14.5. The van der Waals surface area contributed by atoms with Gasteiger partial charge < -0.3 is 4.90 Å². The summed E-state index contributed by atoms with van der Waals surface area (Å²) in [6.07, 6.45) is 3.27. The molecule has 0 aromatic carbocycles. The quantitative estimate of drug-likeness (QED) is 0.703. The van der Waals surface area contributed by atoms with Crippen molar-refractivity contribution < 1.29 is 8.42 Å². The van der Waals surface area contributed by atoms with Crippen LogP contribution >= 0.6 is 15.9 Å². The van der Waals surface area contributed by atoms with Gasteiger partial charge in [-0.3, -0.25) is 0 Å². The van der Waals surface area contributed by atoms with Gasteiger partial charge in [-0.15, -0.1) is 0 Å². The number of rotatable bonds is 6. The SMILES string of the molecule is CCS(=O)(=O)CCCN1CCC(CBr)CC1. The van der Waals surface area contributed by atoms with Gasteiger partial charge in [-0.2, -0.15) is 0 Å². The van der Waals surface area contributed by atoms with Crippen LogP contribution in [0.1, 0.15) is 26.2 Å². The molecule has 1 rings (SSSR count). The van der Waals surface area contributed by atoms with Gasteiger partial charge >= 0.3 is 0 Å². The van der Waals surface area contributed by atoms with E-state index in [2.05, 4.69) is 20.8 Å². The van der Waals surface area contributed by atoms with E-state index in [1.165, 1.54) is 12.8 Å². The van der Waals surface area contributed by atoms with Gasteiger partial charge in [0.05, 0.1) is 5.75 Å². The zero-order chi connectivity index (χ0) is 12.0. The van der Waals surface area contributed by atoms with Crippen LogP contribution in [0.25, 0.3) is 0 Å². The lowest BCUT2D eigenvalue weighted by atomic mass is 9.99. The van der Waals surface area contributed by atoms with Crippen LogP contribution in [0.3, 0.4) is 0 Å². The topological polar surface area (TPSA) is 37.4 Å².